The Labute approximate surface area is 176 Å². The van der Waals surface area contributed by atoms with Gasteiger partial charge in [0, 0.05) is 48.1 Å². The van der Waals surface area contributed by atoms with E-state index in [0.29, 0.717) is 28.5 Å². The van der Waals surface area contributed by atoms with Gasteiger partial charge in [-0.05, 0) is 30.7 Å². The van der Waals surface area contributed by atoms with Gasteiger partial charge in [0.2, 0.25) is 17.6 Å². The van der Waals surface area contributed by atoms with Crippen LogP contribution >= 0.6 is 0 Å². The summed E-state index contributed by atoms with van der Waals surface area (Å²) in [6.45, 7) is 1.86. The van der Waals surface area contributed by atoms with E-state index in [1.807, 2.05) is 19.1 Å². The number of hydrogen-bond donors (Lipinski definition) is 3. The summed E-state index contributed by atoms with van der Waals surface area (Å²) in [5, 5.41) is 9.94. The second kappa shape index (κ2) is 6.93. The minimum absolute atomic E-state index is 0.155. The molecule has 1 aromatic carbocycles. The number of nitrogens with one attached hydrogen (secondary N) is 2. The average Bonchev–Trinajstić information content (AvgIpc) is 3.34. The molecule has 0 saturated heterocycles. The molecular formula is C21H20F2N6O2. The van der Waals surface area contributed by atoms with Gasteiger partial charge in [0.25, 0.3) is 5.91 Å². The molecule has 0 spiro atoms. The molecule has 3 aliphatic rings. The number of carbonyl (C=O) groups is 1. The maximum Gasteiger partial charge on any atom is 0.273 e. The molecule has 3 heterocycles. The number of allylic oxidation sites excluding steroid dienone is 1. The molecule has 1 unspecified atom stereocenters. The fraction of sp³-hybridized carbons (Fsp3) is 0.286. The van der Waals surface area contributed by atoms with Crippen LogP contribution in [0, 0.1) is 6.92 Å². The van der Waals surface area contributed by atoms with Crippen LogP contribution in [0.3, 0.4) is 0 Å². The van der Waals surface area contributed by atoms with Gasteiger partial charge in [-0.1, -0.05) is 17.3 Å². The van der Waals surface area contributed by atoms with E-state index in [0.717, 1.165) is 5.56 Å². The van der Waals surface area contributed by atoms with Crippen molar-refractivity contribution in [1.82, 2.24) is 20.4 Å². The molecule has 1 saturated carbocycles. The van der Waals surface area contributed by atoms with Crippen molar-refractivity contribution in [3.63, 3.8) is 0 Å². The molecule has 0 radical (unpaired) electrons. The summed E-state index contributed by atoms with van der Waals surface area (Å²) in [6, 6.07) is 5.35. The number of amides is 1. The van der Waals surface area contributed by atoms with Crippen LogP contribution in [0.5, 0.6) is 0 Å². The maximum atomic E-state index is 13.1. The van der Waals surface area contributed by atoms with Crippen molar-refractivity contribution in [3.8, 4) is 11.4 Å². The number of hydrogen-bond acceptors (Lipinski definition) is 7. The zero-order valence-electron chi connectivity index (χ0n) is 16.6. The van der Waals surface area contributed by atoms with Gasteiger partial charge in [0.05, 0.1) is 0 Å². The normalized spacial score (nSPS) is 21.6. The van der Waals surface area contributed by atoms with Gasteiger partial charge in [0.15, 0.2) is 0 Å². The molecule has 4 N–H and O–H groups in total. The zero-order chi connectivity index (χ0) is 21.8. The first kappa shape index (κ1) is 19.3. The highest BCUT2D eigenvalue weighted by molar-refractivity contribution is 6.04. The number of alkyl halides is 2. The summed E-state index contributed by atoms with van der Waals surface area (Å²) < 4.78 is 31.4. The number of aromatic nitrogens is 2. The van der Waals surface area contributed by atoms with Gasteiger partial charge in [-0.15, -0.1) is 0 Å². The Bertz CT molecular complexity index is 1140. The molecular weight excluding hydrogens is 406 g/mol. The van der Waals surface area contributed by atoms with E-state index in [9.17, 15) is 13.6 Å². The van der Waals surface area contributed by atoms with Crippen LogP contribution < -0.4 is 16.4 Å². The minimum Gasteiger partial charge on any atom is -0.398 e. The Morgan fingerprint density at radius 1 is 1.39 bits per heavy atom. The quantitative estimate of drug-likeness (QED) is 0.690. The first-order chi connectivity index (χ1) is 14.8. The van der Waals surface area contributed by atoms with Crippen molar-refractivity contribution in [1.29, 1.82) is 0 Å². The van der Waals surface area contributed by atoms with Gasteiger partial charge < -0.3 is 25.8 Å². The van der Waals surface area contributed by atoms with E-state index >= 15 is 0 Å². The molecule has 160 valence electrons. The third-order valence-corrected chi connectivity index (χ3v) is 5.59. The lowest BCUT2D eigenvalue weighted by atomic mass is 9.81. The second-order valence-corrected chi connectivity index (χ2v) is 7.94. The van der Waals surface area contributed by atoms with Crippen LogP contribution in [-0.4, -0.2) is 33.0 Å². The first-order valence-electron chi connectivity index (χ1n) is 9.83. The Morgan fingerprint density at radius 2 is 2.19 bits per heavy atom. The first-order valence-corrected chi connectivity index (χ1v) is 9.83. The molecule has 5 rings (SSSR count). The third-order valence-electron chi connectivity index (χ3n) is 5.59. The topological polar surface area (TPSA) is 109 Å². The van der Waals surface area contributed by atoms with Gasteiger partial charge in [-0.3, -0.25) is 4.79 Å². The van der Waals surface area contributed by atoms with E-state index in [4.69, 9.17) is 10.3 Å². The molecule has 1 amide bonds. The molecule has 31 heavy (non-hydrogen) atoms. The average molecular weight is 426 g/mol. The molecule has 8 nitrogen and oxygen atoms in total. The minimum atomic E-state index is -2.66. The molecule has 1 aromatic heterocycles. The molecule has 10 heteroatoms. The number of carbonyl (C=O) groups excluding carboxylic acids is 1. The van der Waals surface area contributed by atoms with E-state index in [1.165, 1.54) is 0 Å². The number of fused-ring (bicyclic) bond motifs is 1. The lowest BCUT2D eigenvalue weighted by Crippen LogP contribution is -2.36. The fourth-order valence-electron chi connectivity index (χ4n) is 3.79. The predicted octanol–water partition coefficient (Wildman–Crippen LogP) is 2.94. The van der Waals surface area contributed by atoms with Crippen LogP contribution in [-0.2, 0) is 4.79 Å². The highest BCUT2D eigenvalue weighted by atomic mass is 19.3. The van der Waals surface area contributed by atoms with E-state index < -0.39 is 11.8 Å². The van der Waals surface area contributed by atoms with Crippen LogP contribution in [0.2, 0.25) is 0 Å². The van der Waals surface area contributed by atoms with Crippen molar-refractivity contribution < 1.29 is 18.1 Å². The monoisotopic (exact) mass is 426 g/mol. The summed E-state index contributed by atoms with van der Waals surface area (Å²) >= 11 is 0. The Hall–Kier alpha value is -3.69. The summed E-state index contributed by atoms with van der Waals surface area (Å²) in [5.41, 5.74) is 8.86. The Morgan fingerprint density at radius 3 is 2.97 bits per heavy atom. The van der Waals surface area contributed by atoms with Crippen LogP contribution in [0.25, 0.3) is 11.4 Å². The van der Waals surface area contributed by atoms with Crippen molar-refractivity contribution in [3.05, 3.63) is 65.6 Å². The lowest BCUT2D eigenvalue weighted by molar-refractivity contribution is -0.114. The maximum absolute atomic E-state index is 13.1. The molecule has 0 bridgehead atoms. The van der Waals surface area contributed by atoms with E-state index in [-0.39, 0.29) is 30.8 Å². The smallest absolute Gasteiger partial charge is 0.273 e. The predicted molar refractivity (Wildman–Crippen MR) is 108 cm³/mol. The largest absolute Gasteiger partial charge is 0.398 e. The van der Waals surface area contributed by atoms with Gasteiger partial charge in [0.1, 0.15) is 11.9 Å². The van der Waals surface area contributed by atoms with Crippen molar-refractivity contribution in [2.24, 2.45) is 5.73 Å². The summed E-state index contributed by atoms with van der Waals surface area (Å²) in [4.78, 5) is 18.9. The molecule has 1 atom stereocenters. The SMILES string of the molecule is Cc1ccc(-c2noc(C3CC(F)(F)C3)n2)cc1NC(=O)C1=CNC2C=CC(N)=CN12. The molecule has 2 aliphatic heterocycles. The summed E-state index contributed by atoms with van der Waals surface area (Å²) in [5.74, 6) is -2.88. The zero-order valence-corrected chi connectivity index (χ0v) is 16.6. The fourth-order valence-corrected chi connectivity index (χ4v) is 3.79. The Balaban J connectivity index is 1.33. The van der Waals surface area contributed by atoms with Crippen molar-refractivity contribution in [2.75, 3.05) is 5.32 Å². The standard InChI is InChI=1S/C21H20F2N6O2/c1-11-2-3-12(18-27-20(31-28-18)13-7-21(22,23)8-13)6-15(11)26-19(30)16-9-25-17-5-4-14(24)10-29(16)17/h2-6,9-10,13,17,25H,7-8,24H2,1H3,(H,26,30). The van der Waals surface area contributed by atoms with Crippen LogP contribution in [0.1, 0.15) is 30.2 Å². The number of nitrogens with two attached hydrogens (primary N) is 1. The molecule has 1 fully saturated rings. The molecule has 1 aliphatic carbocycles. The van der Waals surface area contributed by atoms with Crippen LogP contribution in [0.4, 0.5) is 14.5 Å². The van der Waals surface area contributed by atoms with Crippen molar-refractivity contribution in [2.45, 2.75) is 37.8 Å². The van der Waals surface area contributed by atoms with Gasteiger partial charge in [-0.25, -0.2) is 8.78 Å². The summed E-state index contributed by atoms with van der Waals surface area (Å²) in [6.07, 6.45) is 6.27. The van der Waals surface area contributed by atoms with E-state index in [1.54, 1.807) is 35.5 Å². The van der Waals surface area contributed by atoms with Crippen LogP contribution in [0.15, 0.2) is 58.7 Å². The number of rotatable bonds is 4. The summed E-state index contributed by atoms with van der Waals surface area (Å²) in [7, 11) is 0. The number of benzene rings is 1. The highest BCUT2D eigenvalue weighted by Crippen LogP contribution is 2.48. The van der Waals surface area contributed by atoms with Gasteiger partial charge >= 0.3 is 0 Å². The molecule has 2 aromatic rings. The number of nitrogens with zero attached hydrogens (tertiary/aromatic N) is 3. The highest BCUT2D eigenvalue weighted by Gasteiger charge is 2.48. The van der Waals surface area contributed by atoms with Crippen molar-refractivity contribution >= 4 is 11.6 Å². The lowest BCUT2D eigenvalue weighted by Gasteiger charge is -2.31. The number of anilines is 1. The number of halogens is 2. The Kier molecular flexibility index (Phi) is 4.31. The number of aryl methyl sites for hydroxylation is 1. The van der Waals surface area contributed by atoms with Gasteiger partial charge in [-0.2, -0.15) is 4.98 Å². The third kappa shape index (κ3) is 3.54. The second-order valence-electron chi connectivity index (χ2n) is 7.94. The van der Waals surface area contributed by atoms with E-state index in [2.05, 4.69) is 20.8 Å².